The molecule has 0 aliphatic heterocycles. The molecular weight excluding hydrogens is 387 g/mol. The van der Waals surface area contributed by atoms with E-state index in [1.165, 1.54) is 11.3 Å². The molecule has 0 saturated heterocycles. The van der Waals surface area contributed by atoms with Crippen molar-refractivity contribution in [2.45, 2.75) is 13.0 Å². The molecule has 1 nitrogen and oxygen atoms in total. The van der Waals surface area contributed by atoms with Gasteiger partial charge in [0, 0.05) is 14.5 Å². The van der Waals surface area contributed by atoms with Crippen LogP contribution < -0.4 is 0 Å². The summed E-state index contributed by atoms with van der Waals surface area (Å²) in [5, 5.41) is 12.8. The molecule has 0 amide bonds. The Balaban J connectivity index is 2.48. The minimum absolute atomic E-state index is 0.603. The fourth-order valence-electron chi connectivity index (χ4n) is 1.51. The van der Waals surface area contributed by atoms with Crippen LogP contribution in [0.5, 0.6) is 0 Å². The Morgan fingerprint density at radius 2 is 2.00 bits per heavy atom. The Hall–Kier alpha value is 0.130. The average molecular weight is 397 g/mol. The lowest BCUT2D eigenvalue weighted by atomic mass is 10.1. The summed E-state index contributed by atoms with van der Waals surface area (Å²) < 4.78 is 1.86. The summed E-state index contributed by atoms with van der Waals surface area (Å²) in [7, 11) is 0. The molecule has 1 heterocycles. The first-order valence-corrected chi connectivity index (χ1v) is 7.71. The molecule has 0 saturated carbocycles. The summed E-state index contributed by atoms with van der Waals surface area (Å²) >= 11 is 14.4. The van der Waals surface area contributed by atoms with Crippen LogP contribution in [0, 0.1) is 6.92 Å². The molecule has 5 heteroatoms. The van der Waals surface area contributed by atoms with Gasteiger partial charge in [-0.3, -0.25) is 0 Å². The van der Waals surface area contributed by atoms with Crippen LogP contribution in [0.25, 0.3) is 0 Å². The van der Waals surface area contributed by atoms with E-state index in [2.05, 4.69) is 31.9 Å². The van der Waals surface area contributed by atoms with Crippen LogP contribution in [0.3, 0.4) is 0 Å². The van der Waals surface area contributed by atoms with Gasteiger partial charge in [0.1, 0.15) is 6.10 Å². The van der Waals surface area contributed by atoms with E-state index in [-0.39, 0.29) is 0 Å². The predicted molar refractivity (Wildman–Crippen MR) is 80.0 cm³/mol. The highest BCUT2D eigenvalue weighted by atomic mass is 79.9. The maximum absolute atomic E-state index is 10.3. The number of thiophene rings is 1. The number of aliphatic hydroxyl groups excluding tert-OH is 1. The Morgan fingerprint density at radius 3 is 2.59 bits per heavy atom. The van der Waals surface area contributed by atoms with Gasteiger partial charge in [-0.1, -0.05) is 43.5 Å². The second kappa shape index (κ2) is 5.41. The fourth-order valence-corrected chi connectivity index (χ4v) is 3.71. The Morgan fingerprint density at radius 1 is 1.29 bits per heavy atom. The third-order valence-corrected chi connectivity index (χ3v) is 5.42. The van der Waals surface area contributed by atoms with Gasteiger partial charge in [0.05, 0.1) is 9.90 Å². The van der Waals surface area contributed by atoms with Crippen molar-refractivity contribution in [3.8, 4) is 0 Å². The molecule has 1 atom stereocenters. The number of halogens is 3. The Labute approximate surface area is 126 Å². The van der Waals surface area contributed by atoms with Gasteiger partial charge in [-0.25, -0.2) is 0 Å². The third kappa shape index (κ3) is 2.76. The highest BCUT2D eigenvalue weighted by Gasteiger charge is 2.18. The topological polar surface area (TPSA) is 20.2 Å². The molecule has 1 aromatic carbocycles. The molecule has 0 radical (unpaired) electrons. The number of hydrogen-bond acceptors (Lipinski definition) is 2. The summed E-state index contributed by atoms with van der Waals surface area (Å²) in [6.07, 6.45) is -0.700. The molecule has 1 aromatic heterocycles. The van der Waals surface area contributed by atoms with E-state index < -0.39 is 6.10 Å². The first kappa shape index (κ1) is 13.6. The predicted octanol–water partition coefficient (Wildman–Crippen LogP) is 5.32. The van der Waals surface area contributed by atoms with Crippen LogP contribution in [-0.4, -0.2) is 5.11 Å². The SMILES string of the molecule is Cc1cc(Br)c(C(O)c2sccc2Cl)cc1Br. The number of benzene rings is 1. The molecule has 17 heavy (non-hydrogen) atoms. The van der Waals surface area contributed by atoms with Crippen molar-refractivity contribution < 1.29 is 5.11 Å². The van der Waals surface area contributed by atoms with Gasteiger partial charge in [-0.05, 0) is 36.1 Å². The Bertz CT molecular complexity index is 553. The van der Waals surface area contributed by atoms with Crippen molar-refractivity contribution in [3.05, 3.63) is 53.6 Å². The zero-order valence-corrected chi connectivity index (χ0v) is 13.6. The molecule has 1 N–H and O–H groups in total. The second-order valence-corrected chi connectivity index (χ2v) is 6.72. The van der Waals surface area contributed by atoms with Gasteiger partial charge in [0.2, 0.25) is 0 Å². The lowest BCUT2D eigenvalue weighted by molar-refractivity contribution is 0.223. The maximum atomic E-state index is 10.3. The van der Waals surface area contributed by atoms with Gasteiger partial charge in [-0.2, -0.15) is 0 Å². The van der Waals surface area contributed by atoms with Crippen molar-refractivity contribution in [1.82, 2.24) is 0 Å². The van der Waals surface area contributed by atoms with E-state index in [9.17, 15) is 5.11 Å². The Kier molecular flexibility index (Phi) is 4.31. The van der Waals surface area contributed by atoms with Crippen LogP contribution in [0.2, 0.25) is 5.02 Å². The largest absolute Gasteiger partial charge is 0.383 e. The molecule has 0 aliphatic carbocycles. The van der Waals surface area contributed by atoms with Crippen molar-refractivity contribution >= 4 is 54.8 Å². The lowest BCUT2D eigenvalue weighted by Crippen LogP contribution is -1.99. The highest BCUT2D eigenvalue weighted by molar-refractivity contribution is 9.11. The van der Waals surface area contributed by atoms with Crippen LogP contribution in [0.1, 0.15) is 22.1 Å². The normalized spacial score (nSPS) is 12.8. The first-order chi connectivity index (χ1) is 8.00. The number of aliphatic hydroxyl groups is 1. The van der Waals surface area contributed by atoms with Gasteiger partial charge < -0.3 is 5.11 Å². The van der Waals surface area contributed by atoms with Crippen LogP contribution in [0.4, 0.5) is 0 Å². The number of hydrogen-bond donors (Lipinski definition) is 1. The smallest absolute Gasteiger partial charge is 0.116 e. The molecule has 90 valence electrons. The maximum Gasteiger partial charge on any atom is 0.116 e. The summed E-state index contributed by atoms with van der Waals surface area (Å²) in [5.74, 6) is 0. The summed E-state index contributed by atoms with van der Waals surface area (Å²) in [5.41, 5.74) is 1.93. The van der Waals surface area contributed by atoms with E-state index in [0.717, 1.165) is 24.9 Å². The monoisotopic (exact) mass is 394 g/mol. The van der Waals surface area contributed by atoms with E-state index in [4.69, 9.17) is 11.6 Å². The lowest BCUT2D eigenvalue weighted by Gasteiger charge is -2.13. The van der Waals surface area contributed by atoms with Gasteiger partial charge in [0.15, 0.2) is 0 Å². The first-order valence-electron chi connectivity index (χ1n) is 4.87. The van der Waals surface area contributed by atoms with Gasteiger partial charge >= 0.3 is 0 Å². The minimum Gasteiger partial charge on any atom is -0.383 e. The number of rotatable bonds is 2. The van der Waals surface area contributed by atoms with Crippen LogP contribution in [0.15, 0.2) is 32.5 Å². The molecular formula is C12H9Br2ClOS. The summed E-state index contributed by atoms with van der Waals surface area (Å²) in [6.45, 7) is 2.00. The van der Waals surface area contributed by atoms with Gasteiger partial charge in [0.25, 0.3) is 0 Å². The van der Waals surface area contributed by atoms with E-state index in [1.807, 2.05) is 24.4 Å². The fraction of sp³-hybridized carbons (Fsp3) is 0.167. The summed E-state index contributed by atoms with van der Waals surface area (Å²) in [4.78, 5) is 0.767. The van der Waals surface area contributed by atoms with E-state index in [0.29, 0.717) is 5.02 Å². The quantitative estimate of drug-likeness (QED) is 0.729. The zero-order valence-electron chi connectivity index (χ0n) is 8.88. The van der Waals surface area contributed by atoms with E-state index >= 15 is 0 Å². The average Bonchev–Trinajstić information content (AvgIpc) is 2.69. The molecule has 0 fully saturated rings. The summed E-state index contributed by atoms with van der Waals surface area (Å²) in [6, 6.07) is 5.69. The molecule has 0 bridgehead atoms. The second-order valence-electron chi connectivity index (χ2n) is 3.66. The molecule has 2 rings (SSSR count). The van der Waals surface area contributed by atoms with Crippen molar-refractivity contribution in [1.29, 1.82) is 0 Å². The molecule has 2 aromatic rings. The third-order valence-electron chi connectivity index (χ3n) is 2.47. The minimum atomic E-state index is -0.700. The van der Waals surface area contributed by atoms with Gasteiger partial charge in [-0.15, -0.1) is 11.3 Å². The zero-order chi connectivity index (χ0) is 12.6. The van der Waals surface area contributed by atoms with Crippen molar-refractivity contribution in [2.75, 3.05) is 0 Å². The molecule has 0 aliphatic rings. The number of aryl methyl sites for hydroxylation is 1. The van der Waals surface area contributed by atoms with Crippen molar-refractivity contribution in [3.63, 3.8) is 0 Å². The van der Waals surface area contributed by atoms with Crippen molar-refractivity contribution in [2.24, 2.45) is 0 Å². The van der Waals surface area contributed by atoms with E-state index in [1.54, 1.807) is 6.07 Å². The van der Waals surface area contributed by atoms with Crippen LogP contribution in [-0.2, 0) is 0 Å². The molecule has 1 unspecified atom stereocenters. The standard InChI is InChI=1S/C12H9Br2ClOS/c1-6-4-9(14)7(5-8(6)13)11(16)12-10(15)2-3-17-12/h2-5,11,16H,1H3. The molecule has 0 spiro atoms. The van der Waals surface area contributed by atoms with Crippen LogP contribution >= 0.6 is 54.8 Å². The highest BCUT2D eigenvalue weighted by Crippen LogP contribution is 2.37.